The van der Waals surface area contributed by atoms with Crippen LogP contribution in [0.4, 0.5) is 0 Å². The molecule has 0 radical (unpaired) electrons. The molecule has 0 fully saturated rings. The zero-order valence-electron chi connectivity index (χ0n) is 11.0. The molecule has 5 heteroatoms. The van der Waals surface area contributed by atoms with Gasteiger partial charge in [-0.05, 0) is 0 Å². The van der Waals surface area contributed by atoms with Crippen LogP contribution in [0.3, 0.4) is 0 Å². The number of rotatable bonds is 8. The number of hydrogen-bond acceptors (Lipinski definition) is 2. The summed E-state index contributed by atoms with van der Waals surface area (Å²) in [5, 5.41) is 0. The van der Waals surface area contributed by atoms with Gasteiger partial charge in [-0.15, -0.1) is 0 Å². The first-order valence-electron chi connectivity index (χ1n) is 5.93. The standard InChI is InChI=1S/C11H24.K.H2O3S/c1-3-5-7-9-11-10-8-6-4-2;;1-4(2)3/h3-11H2,1-2H3;;(H2,1,2,3)/q;+1;/p-1. The van der Waals surface area contributed by atoms with E-state index in [1.165, 1.54) is 57.8 Å². The third-order valence-corrected chi connectivity index (χ3v) is 2.21. The Kier molecular flexibility index (Phi) is 31.3. The predicted molar refractivity (Wildman–Crippen MR) is 64.4 cm³/mol. The molecule has 1 unspecified atom stereocenters. The summed E-state index contributed by atoms with van der Waals surface area (Å²) in [6, 6.07) is 0. The molecule has 0 aliphatic carbocycles. The molecule has 3 nitrogen and oxygen atoms in total. The van der Waals surface area contributed by atoms with Crippen molar-refractivity contribution in [2.24, 2.45) is 0 Å². The van der Waals surface area contributed by atoms with Crippen molar-refractivity contribution in [2.45, 2.75) is 71.6 Å². The van der Waals surface area contributed by atoms with E-state index in [2.05, 4.69) is 13.8 Å². The maximum atomic E-state index is 8.56. The van der Waals surface area contributed by atoms with Gasteiger partial charge in [-0.2, -0.15) is 0 Å². The second-order valence-electron chi connectivity index (χ2n) is 3.69. The zero-order chi connectivity index (χ0) is 11.9. The largest absolute Gasteiger partial charge is 1.00 e. The van der Waals surface area contributed by atoms with Crippen molar-refractivity contribution >= 4 is 11.4 Å². The normalized spacial score (nSPS) is 11.0. The fraction of sp³-hybridized carbons (Fsp3) is 1.00. The van der Waals surface area contributed by atoms with Gasteiger partial charge >= 0.3 is 51.4 Å². The topological polar surface area (TPSA) is 60.4 Å². The second-order valence-corrected chi connectivity index (χ2v) is 4.13. The van der Waals surface area contributed by atoms with E-state index in [1.54, 1.807) is 0 Å². The van der Waals surface area contributed by atoms with Crippen LogP contribution >= 0.6 is 0 Å². The van der Waals surface area contributed by atoms with Gasteiger partial charge in [-0.25, -0.2) is 4.21 Å². The maximum Gasteiger partial charge on any atom is 1.00 e. The molecule has 16 heavy (non-hydrogen) atoms. The zero-order valence-corrected chi connectivity index (χ0v) is 15.0. The van der Waals surface area contributed by atoms with Gasteiger partial charge in [0.05, 0.1) is 11.4 Å². The quantitative estimate of drug-likeness (QED) is 0.407. The molecule has 0 aromatic rings. The molecule has 0 saturated carbocycles. The van der Waals surface area contributed by atoms with Crippen molar-refractivity contribution in [1.82, 2.24) is 0 Å². The average molecular weight is 276 g/mol. The molecule has 0 rings (SSSR count). The van der Waals surface area contributed by atoms with Crippen molar-refractivity contribution in [3.8, 4) is 0 Å². The Morgan fingerprint density at radius 1 is 0.875 bits per heavy atom. The van der Waals surface area contributed by atoms with E-state index in [-0.39, 0.29) is 51.4 Å². The van der Waals surface area contributed by atoms with Crippen LogP contribution in [0.1, 0.15) is 71.6 Å². The molecule has 0 amide bonds. The van der Waals surface area contributed by atoms with Crippen molar-refractivity contribution in [1.29, 1.82) is 0 Å². The number of hydrogen-bond donors (Lipinski definition) is 1. The van der Waals surface area contributed by atoms with Crippen LogP contribution in [0, 0.1) is 0 Å². The second kappa shape index (κ2) is 21.9. The molecule has 1 N–H and O–H groups in total. The van der Waals surface area contributed by atoms with E-state index >= 15 is 0 Å². The molecule has 94 valence electrons. The van der Waals surface area contributed by atoms with Crippen LogP contribution < -0.4 is 51.4 Å². The summed E-state index contributed by atoms with van der Waals surface area (Å²) in [4.78, 5) is 0. The molecule has 0 aromatic heterocycles. The van der Waals surface area contributed by atoms with Crippen molar-refractivity contribution in [3.05, 3.63) is 0 Å². The summed E-state index contributed by atoms with van der Waals surface area (Å²) in [5.41, 5.74) is 0. The van der Waals surface area contributed by atoms with Gasteiger partial charge in [0.15, 0.2) is 0 Å². The molecule has 0 spiro atoms. The smallest absolute Gasteiger partial charge is 0.750 e. The van der Waals surface area contributed by atoms with E-state index in [0.717, 1.165) is 0 Å². The summed E-state index contributed by atoms with van der Waals surface area (Å²) in [5.74, 6) is 0. The summed E-state index contributed by atoms with van der Waals surface area (Å²) >= 11 is -2.86. The monoisotopic (exact) mass is 276 g/mol. The first kappa shape index (κ1) is 22.8. The van der Waals surface area contributed by atoms with E-state index in [0.29, 0.717) is 0 Å². The van der Waals surface area contributed by atoms with Crippen LogP contribution in [0.5, 0.6) is 0 Å². The predicted octanol–water partition coefficient (Wildman–Crippen LogP) is 0.880. The Morgan fingerprint density at radius 3 is 1.25 bits per heavy atom. The Labute approximate surface area is 146 Å². The van der Waals surface area contributed by atoms with Gasteiger partial charge in [0.2, 0.25) is 0 Å². The Balaban J connectivity index is -0.000000292. The molecule has 1 atom stereocenters. The first-order valence-corrected chi connectivity index (χ1v) is 6.96. The van der Waals surface area contributed by atoms with E-state index in [4.69, 9.17) is 13.3 Å². The minimum atomic E-state index is -2.86. The van der Waals surface area contributed by atoms with Crippen LogP contribution in [-0.4, -0.2) is 13.3 Å². The summed E-state index contributed by atoms with van der Waals surface area (Å²) in [6.07, 6.45) is 13.0. The van der Waals surface area contributed by atoms with Gasteiger partial charge in [0, 0.05) is 0 Å². The van der Waals surface area contributed by atoms with Crippen molar-refractivity contribution in [2.75, 3.05) is 0 Å². The fourth-order valence-corrected chi connectivity index (χ4v) is 1.38. The van der Waals surface area contributed by atoms with Crippen LogP contribution in [0.2, 0.25) is 0 Å². The van der Waals surface area contributed by atoms with Crippen LogP contribution in [0.25, 0.3) is 0 Å². The third-order valence-electron chi connectivity index (χ3n) is 2.21. The van der Waals surface area contributed by atoms with Gasteiger partial charge < -0.3 is 9.11 Å². The molecule has 0 saturated heterocycles. The summed E-state index contributed by atoms with van der Waals surface area (Å²) < 4.78 is 24.1. The Bertz CT molecular complexity index is 122. The molecule has 0 aromatic carbocycles. The summed E-state index contributed by atoms with van der Waals surface area (Å²) in [7, 11) is 0. The summed E-state index contributed by atoms with van der Waals surface area (Å²) in [6.45, 7) is 4.55. The average Bonchev–Trinajstić information content (AvgIpc) is 2.16. The molecular weight excluding hydrogens is 251 g/mol. The van der Waals surface area contributed by atoms with E-state index in [9.17, 15) is 0 Å². The minimum Gasteiger partial charge on any atom is -0.750 e. The van der Waals surface area contributed by atoms with Gasteiger partial charge in [0.1, 0.15) is 0 Å². The van der Waals surface area contributed by atoms with E-state index < -0.39 is 11.4 Å². The first-order chi connectivity index (χ1) is 7.15. The van der Waals surface area contributed by atoms with Gasteiger partial charge in [0.25, 0.3) is 0 Å². The van der Waals surface area contributed by atoms with Crippen molar-refractivity contribution < 1.29 is 64.7 Å². The third kappa shape index (κ3) is 36.1. The minimum absolute atomic E-state index is 0. The Hall–Kier alpha value is 1.71. The van der Waals surface area contributed by atoms with Gasteiger partial charge in [-0.3, -0.25) is 0 Å². The Morgan fingerprint density at radius 2 is 1.06 bits per heavy atom. The molecule has 0 aliphatic rings. The van der Waals surface area contributed by atoms with E-state index in [1.807, 2.05) is 0 Å². The number of unbranched alkanes of at least 4 members (excludes halogenated alkanes) is 8. The van der Waals surface area contributed by atoms with Crippen LogP contribution in [0.15, 0.2) is 0 Å². The molecular formula is C11H25KO3S. The maximum absolute atomic E-state index is 8.56. The fourth-order valence-electron chi connectivity index (χ4n) is 1.38. The SMILES string of the molecule is CCCCCCCCCCC.O=S([O-])O.[K+]. The molecule has 0 heterocycles. The molecule has 0 aliphatic heterocycles. The van der Waals surface area contributed by atoms with Gasteiger partial charge in [-0.1, -0.05) is 71.6 Å². The molecule has 0 bridgehead atoms. The van der Waals surface area contributed by atoms with Crippen molar-refractivity contribution in [3.63, 3.8) is 0 Å². The van der Waals surface area contributed by atoms with Crippen LogP contribution in [-0.2, 0) is 11.4 Å².